The standard InChI is InChI=1S/C28H31Cl2N5O3S/c1-38-17-16-35(28(37)31-22-9-10-23(29)24(30)18-22)19-26-32-25(20-39-26)27(36)34-14-12-33(13-15-34)11-5-8-21-6-3-2-4-7-21/h2-10,18,20H,11-17,19H2,1H3,(H,31,37)/b8-5+. The normalized spacial score (nSPS) is 14.1. The van der Waals surface area contributed by atoms with Crippen LogP contribution < -0.4 is 5.32 Å². The van der Waals surface area contributed by atoms with Crippen molar-refractivity contribution in [2.75, 3.05) is 58.3 Å². The number of anilines is 1. The fraction of sp³-hybridized carbons (Fsp3) is 0.321. The van der Waals surface area contributed by atoms with Gasteiger partial charge in [-0.2, -0.15) is 0 Å². The summed E-state index contributed by atoms with van der Waals surface area (Å²) in [6.07, 6.45) is 4.28. The van der Waals surface area contributed by atoms with Crippen LogP contribution in [0.1, 0.15) is 21.1 Å². The molecule has 0 radical (unpaired) electrons. The second-order valence-corrected chi connectivity index (χ2v) is 10.8. The maximum atomic E-state index is 13.1. The number of carbonyl (C=O) groups excluding carboxylic acids is 2. The van der Waals surface area contributed by atoms with Crippen LogP contribution >= 0.6 is 34.5 Å². The summed E-state index contributed by atoms with van der Waals surface area (Å²) in [5.41, 5.74) is 2.11. The summed E-state index contributed by atoms with van der Waals surface area (Å²) in [5.74, 6) is -0.0827. The number of urea groups is 1. The van der Waals surface area contributed by atoms with Gasteiger partial charge in [0, 0.05) is 57.4 Å². The van der Waals surface area contributed by atoms with Gasteiger partial charge in [0.15, 0.2) is 0 Å². The minimum absolute atomic E-state index is 0.0827. The molecular formula is C28H31Cl2N5O3S. The minimum atomic E-state index is -0.328. The van der Waals surface area contributed by atoms with Crippen LogP contribution in [0, 0.1) is 0 Å². The van der Waals surface area contributed by atoms with Gasteiger partial charge in [-0.05, 0) is 23.8 Å². The van der Waals surface area contributed by atoms with Crippen LogP contribution in [0.25, 0.3) is 6.08 Å². The lowest BCUT2D eigenvalue weighted by molar-refractivity contribution is 0.0645. The summed E-state index contributed by atoms with van der Waals surface area (Å²) in [5, 5.41) is 6.02. The molecule has 1 aromatic heterocycles. The van der Waals surface area contributed by atoms with Crippen molar-refractivity contribution in [3.8, 4) is 0 Å². The second-order valence-electron chi connectivity index (χ2n) is 9.01. The van der Waals surface area contributed by atoms with Gasteiger partial charge in [-0.25, -0.2) is 9.78 Å². The third-order valence-electron chi connectivity index (χ3n) is 6.25. The Kier molecular flexibility index (Phi) is 10.8. The third-order valence-corrected chi connectivity index (χ3v) is 7.83. The van der Waals surface area contributed by atoms with E-state index in [2.05, 4.69) is 39.5 Å². The number of amides is 3. The van der Waals surface area contributed by atoms with E-state index in [0.717, 1.165) is 19.6 Å². The van der Waals surface area contributed by atoms with Gasteiger partial charge in [-0.1, -0.05) is 65.7 Å². The fourth-order valence-electron chi connectivity index (χ4n) is 4.07. The smallest absolute Gasteiger partial charge is 0.322 e. The van der Waals surface area contributed by atoms with Gasteiger partial charge >= 0.3 is 6.03 Å². The Morgan fingerprint density at radius 2 is 1.87 bits per heavy atom. The van der Waals surface area contributed by atoms with E-state index in [1.54, 1.807) is 35.6 Å². The van der Waals surface area contributed by atoms with Gasteiger partial charge in [0.05, 0.1) is 23.2 Å². The van der Waals surface area contributed by atoms with E-state index in [-0.39, 0.29) is 18.5 Å². The van der Waals surface area contributed by atoms with Gasteiger partial charge in [0.1, 0.15) is 10.7 Å². The molecule has 8 nitrogen and oxygen atoms in total. The number of halogens is 2. The van der Waals surface area contributed by atoms with Crippen LogP contribution in [-0.4, -0.2) is 84.6 Å². The Morgan fingerprint density at radius 1 is 1.10 bits per heavy atom. The Labute approximate surface area is 242 Å². The van der Waals surface area contributed by atoms with Gasteiger partial charge in [0.2, 0.25) is 0 Å². The van der Waals surface area contributed by atoms with Crippen LogP contribution in [0.15, 0.2) is 60.0 Å². The number of nitrogens with one attached hydrogen (secondary N) is 1. The van der Waals surface area contributed by atoms with Crippen molar-refractivity contribution in [3.05, 3.63) is 86.3 Å². The molecule has 1 N–H and O–H groups in total. The quantitative estimate of drug-likeness (QED) is 0.334. The van der Waals surface area contributed by atoms with Crippen LogP contribution in [0.5, 0.6) is 0 Å². The molecule has 206 valence electrons. The Morgan fingerprint density at radius 3 is 2.59 bits per heavy atom. The summed E-state index contributed by atoms with van der Waals surface area (Å²) < 4.78 is 5.18. The van der Waals surface area contributed by atoms with E-state index in [1.165, 1.54) is 16.9 Å². The molecule has 3 aromatic rings. The van der Waals surface area contributed by atoms with Crippen molar-refractivity contribution in [3.63, 3.8) is 0 Å². The molecule has 2 heterocycles. The van der Waals surface area contributed by atoms with E-state index >= 15 is 0 Å². The van der Waals surface area contributed by atoms with Gasteiger partial charge in [-0.3, -0.25) is 9.69 Å². The number of benzene rings is 2. The molecule has 1 aliphatic rings. The largest absolute Gasteiger partial charge is 0.383 e. The average molecular weight is 589 g/mol. The molecular weight excluding hydrogens is 557 g/mol. The zero-order valence-electron chi connectivity index (χ0n) is 21.7. The van der Waals surface area contributed by atoms with E-state index < -0.39 is 0 Å². The van der Waals surface area contributed by atoms with E-state index in [4.69, 9.17) is 27.9 Å². The van der Waals surface area contributed by atoms with E-state index in [9.17, 15) is 9.59 Å². The molecule has 1 fully saturated rings. The summed E-state index contributed by atoms with van der Waals surface area (Å²) in [6, 6.07) is 14.8. The van der Waals surface area contributed by atoms with Crippen molar-refractivity contribution in [1.82, 2.24) is 19.7 Å². The van der Waals surface area contributed by atoms with Gasteiger partial charge < -0.3 is 19.9 Å². The maximum Gasteiger partial charge on any atom is 0.322 e. The lowest BCUT2D eigenvalue weighted by atomic mass is 10.2. The second kappa shape index (κ2) is 14.4. The first-order chi connectivity index (χ1) is 18.9. The molecule has 2 aromatic carbocycles. The van der Waals surface area contributed by atoms with Crippen LogP contribution in [0.3, 0.4) is 0 Å². The number of piperazine rings is 1. The highest BCUT2D eigenvalue weighted by Gasteiger charge is 2.24. The summed E-state index contributed by atoms with van der Waals surface area (Å²) in [7, 11) is 1.58. The van der Waals surface area contributed by atoms with E-state index in [1.807, 2.05) is 23.1 Å². The predicted molar refractivity (Wildman–Crippen MR) is 158 cm³/mol. The predicted octanol–water partition coefficient (Wildman–Crippen LogP) is 5.60. The SMILES string of the molecule is COCCN(Cc1nc(C(=O)N2CCN(C/C=C/c3ccccc3)CC2)cs1)C(=O)Nc1ccc(Cl)c(Cl)c1. The molecule has 0 saturated carbocycles. The first-order valence-corrected chi connectivity index (χ1v) is 14.2. The number of hydrogen-bond acceptors (Lipinski definition) is 6. The molecule has 11 heteroatoms. The Balaban J connectivity index is 1.30. The molecule has 0 aliphatic carbocycles. The number of methoxy groups -OCH3 is 1. The summed E-state index contributed by atoms with van der Waals surface area (Å²) >= 11 is 13.4. The molecule has 0 unspecified atom stereocenters. The summed E-state index contributed by atoms with van der Waals surface area (Å²) in [6.45, 7) is 4.72. The number of hydrogen-bond donors (Lipinski definition) is 1. The first kappa shape index (κ1) is 29.0. The van der Waals surface area contributed by atoms with E-state index in [0.29, 0.717) is 52.7 Å². The zero-order valence-corrected chi connectivity index (χ0v) is 24.0. The monoisotopic (exact) mass is 587 g/mol. The number of carbonyl (C=O) groups is 2. The molecule has 3 amide bonds. The number of nitrogens with zero attached hydrogens (tertiary/aromatic N) is 4. The fourth-order valence-corrected chi connectivity index (χ4v) is 5.15. The van der Waals surface area contributed by atoms with Crippen LogP contribution in [0.4, 0.5) is 10.5 Å². The van der Waals surface area contributed by atoms with Crippen LogP contribution in [-0.2, 0) is 11.3 Å². The maximum absolute atomic E-state index is 13.1. The highest BCUT2D eigenvalue weighted by molar-refractivity contribution is 7.09. The Hall–Kier alpha value is -2.95. The highest BCUT2D eigenvalue weighted by Crippen LogP contribution is 2.25. The minimum Gasteiger partial charge on any atom is -0.383 e. The van der Waals surface area contributed by atoms with Gasteiger partial charge in [-0.15, -0.1) is 11.3 Å². The molecule has 0 spiro atoms. The van der Waals surface area contributed by atoms with Crippen molar-refractivity contribution >= 4 is 58.2 Å². The number of ether oxygens (including phenoxy) is 1. The lowest BCUT2D eigenvalue weighted by Crippen LogP contribution is -2.48. The number of thiazole rings is 1. The molecule has 0 atom stereocenters. The van der Waals surface area contributed by atoms with Crippen molar-refractivity contribution in [2.45, 2.75) is 6.54 Å². The van der Waals surface area contributed by atoms with Crippen molar-refractivity contribution < 1.29 is 14.3 Å². The van der Waals surface area contributed by atoms with Gasteiger partial charge in [0.25, 0.3) is 5.91 Å². The third kappa shape index (κ3) is 8.52. The molecule has 1 saturated heterocycles. The highest BCUT2D eigenvalue weighted by atomic mass is 35.5. The summed E-state index contributed by atoms with van der Waals surface area (Å²) in [4.78, 5) is 36.4. The first-order valence-electron chi connectivity index (χ1n) is 12.6. The average Bonchev–Trinajstić information content (AvgIpc) is 3.42. The zero-order chi connectivity index (χ0) is 27.6. The van der Waals surface area contributed by atoms with Crippen molar-refractivity contribution in [2.24, 2.45) is 0 Å². The van der Waals surface area contributed by atoms with Crippen molar-refractivity contribution in [1.29, 1.82) is 0 Å². The topological polar surface area (TPSA) is 78.0 Å². The lowest BCUT2D eigenvalue weighted by Gasteiger charge is -2.33. The molecule has 0 bridgehead atoms. The molecule has 1 aliphatic heterocycles. The Bertz CT molecular complexity index is 1280. The molecule has 39 heavy (non-hydrogen) atoms. The number of aromatic nitrogens is 1. The van der Waals surface area contributed by atoms with Crippen LogP contribution in [0.2, 0.25) is 10.0 Å². The number of rotatable bonds is 10. The molecule has 4 rings (SSSR count).